The molecule has 0 spiro atoms. The lowest BCUT2D eigenvalue weighted by atomic mass is 10.1. The van der Waals surface area contributed by atoms with Gasteiger partial charge in [-0.1, -0.05) is 0 Å². The molecule has 0 aliphatic carbocycles. The van der Waals surface area contributed by atoms with Gasteiger partial charge in [-0.05, 0) is 30.7 Å². The SMILES string of the molecule is Cc1cc(O)ccc1C(=O)Nc1ncc[nH]1. The van der Waals surface area contributed by atoms with E-state index in [9.17, 15) is 9.90 Å². The van der Waals surface area contributed by atoms with Crippen LogP contribution in [0.5, 0.6) is 5.75 Å². The molecule has 1 aromatic heterocycles. The summed E-state index contributed by atoms with van der Waals surface area (Å²) in [6.45, 7) is 1.76. The number of rotatable bonds is 2. The Morgan fingerprint density at radius 3 is 2.94 bits per heavy atom. The largest absolute Gasteiger partial charge is 0.508 e. The Morgan fingerprint density at radius 1 is 1.50 bits per heavy atom. The number of benzene rings is 1. The zero-order valence-electron chi connectivity index (χ0n) is 8.69. The van der Waals surface area contributed by atoms with Crippen molar-refractivity contribution >= 4 is 11.9 Å². The second kappa shape index (κ2) is 4.06. The number of aromatic amines is 1. The second-order valence-corrected chi connectivity index (χ2v) is 3.39. The average Bonchev–Trinajstić information content (AvgIpc) is 2.70. The lowest BCUT2D eigenvalue weighted by Crippen LogP contribution is -2.14. The van der Waals surface area contributed by atoms with E-state index in [-0.39, 0.29) is 11.7 Å². The molecule has 0 unspecified atom stereocenters. The minimum atomic E-state index is -0.257. The number of carbonyl (C=O) groups is 1. The number of aryl methyl sites for hydroxylation is 1. The van der Waals surface area contributed by atoms with E-state index >= 15 is 0 Å². The van der Waals surface area contributed by atoms with Crippen LogP contribution in [-0.2, 0) is 0 Å². The Hall–Kier alpha value is -2.30. The standard InChI is InChI=1S/C11H11N3O2/c1-7-6-8(15)2-3-9(7)10(16)14-11-12-4-5-13-11/h2-6,15H,1H3,(H2,12,13,14,16). The van der Waals surface area contributed by atoms with Crippen molar-refractivity contribution in [2.45, 2.75) is 6.92 Å². The van der Waals surface area contributed by atoms with Gasteiger partial charge in [-0.25, -0.2) is 4.98 Å². The molecule has 1 aromatic carbocycles. The molecular weight excluding hydrogens is 206 g/mol. The number of imidazole rings is 1. The molecular formula is C11H11N3O2. The van der Waals surface area contributed by atoms with Gasteiger partial charge >= 0.3 is 0 Å². The fraction of sp³-hybridized carbons (Fsp3) is 0.0909. The molecule has 16 heavy (non-hydrogen) atoms. The molecule has 0 fully saturated rings. The molecule has 82 valence electrons. The molecule has 0 saturated heterocycles. The van der Waals surface area contributed by atoms with Crippen molar-refractivity contribution in [1.82, 2.24) is 9.97 Å². The summed E-state index contributed by atoms with van der Waals surface area (Å²) in [4.78, 5) is 18.5. The Bertz CT molecular complexity index is 506. The third-order valence-corrected chi connectivity index (χ3v) is 2.18. The lowest BCUT2D eigenvalue weighted by Gasteiger charge is -2.05. The smallest absolute Gasteiger partial charge is 0.258 e. The van der Waals surface area contributed by atoms with Crippen LogP contribution in [0.2, 0.25) is 0 Å². The Labute approximate surface area is 92.2 Å². The van der Waals surface area contributed by atoms with E-state index in [4.69, 9.17) is 0 Å². The van der Waals surface area contributed by atoms with Gasteiger partial charge in [0.2, 0.25) is 5.95 Å². The maximum Gasteiger partial charge on any atom is 0.258 e. The van der Waals surface area contributed by atoms with Crippen molar-refractivity contribution < 1.29 is 9.90 Å². The first-order chi connectivity index (χ1) is 7.66. The number of carbonyl (C=O) groups excluding carboxylic acids is 1. The monoisotopic (exact) mass is 217 g/mol. The molecule has 0 aliphatic heterocycles. The first-order valence-corrected chi connectivity index (χ1v) is 4.77. The molecule has 2 rings (SSSR count). The van der Waals surface area contributed by atoms with Gasteiger partial charge in [0.1, 0.15) is 5.75 Å². The minimum Gasteiger partial charge on any atom is -0.508 e. The molecule has 0 aliphatic rings. The van der Waals surface area contributed by atoms with E-state index in [2.05, 4.69) is 15.3 Å². The van der Waals surface area contributed by atoms with E-state index in [1.54, 1.807) is 25.4 Å². The summed E-state index contributed by atoms with van der Waals surface area (Å²) in [5.41, 5.74) is 1.22. The van der Waals surface area contributed by atoms with Crippen molar-refractivity contribution in [1.29, 1.82) is 0 Å². The highest BCUT2D eigenvalue weighted by Crippen LogP contribution is 2.16. The van der Waals surface area contributed by atoms with E-state index in [1.165, 1.54) is 12.1 Å². The van der Waals surface area contributed by atoms with Gasteiger partial charge in [-0.2, -0.15) is 0 Å². The van der Waals surface area contributed by atoms with Crippen molar-refractivity contribution in [3.05, 3.63) is 41.7 Å². The van der Waals surface area contributed by atoms with Gasteiger partial charge in [0.25, 0.3) is 5.91 Å². The van der Waals surface area contributed by atoms with Crippen molar-refractivity contribution in [3.8, 4) is 5.75 Å². The number of H-pyrrole nitrogens is 1. The predicted octanol–water partition coefficient (Wildman–Crippen LogP) is 1.68. The van der Waals surface area contributed by atoms with E-state index in [1.807, 2.05) is 0 Å². The van der Waals surface area contributed by atoms with Crippen molar-refractivity contribution in [3.63, 3.8) is 0 Å². The molecule has 1 amide bonds. The molecule has 5 nitrogen and oxygen atoms in total. The highest BCUT2D eigenvalue weighted by molar-refractivity contribution is 6.04. The third-order valence-electron chi connectivity index (χ3n) is 2.18. The number of hydrogen-bond acceptors (Lipinski definition) is 3. The molecule has 0 saturated carbocycles. The van der Waals surface area contributed by atoms with Crippen molar-refractivity contribution in [2.24, 2.45) is 0 Å². The molecule has 0 atom stereocenters. The van der Waals surface area contributed by atoms with E-state index in [0.717, 1.165) is 0 Å². The van der Waals surface area contributed by atoms with Gasteiger partial charge in [0.15, 0.2) is 0 Å². The van der Waals surface area contributed by atoms with Crippen LogP contribution in [-0.4, -0.2) is 21.0 Å². The van der Waals surface area contributed by atoms with Gasteiger partial charge in [0.05, 0.1) is 0 Å². The Balaban J connectivity index is 2.21. The summed E-state index contributed by atoms with van der Waals surface area (Å²) in [6, 6.07) is 4.59. The zero-order chi connectivity index (χ0) is 11.5. The maximum atomic E-state index is 11.8. The number of amides is 1. The van der Waals surface area contributed by atoms with Crippen LogP contribution in [0.15, 0.2) is 30.6 Å². The number of phenols is 1. The van der Waals surface area contributed by atoms with Crippen LogP contribution in [0.25, 0.3) is 0 Å². The number of anilines is 1. The number of hydrogen-bond donors (Lipinski definition) is 3. The predicted molar refractivity (Wildman–Crippen MR) is 59.4 cm³/mol. The normalized spacial score (nSPS) is 10.1. The summed E-state index contributed by atoms with van der Waals surface area (Å²) < 4.78 is 0. The fourth-order valence-electron chi connectivity index (χ4n) is 1.41. The van der Waals surface area contributed by atoms with Crippen LogP contribution in [0.1, 0.15) is 15.9 Å². The summed E-state index contributed by atoms with van der Waals surface area (Å²) in [7, 11) is 0. The number of aromatic nitrogens is 2. The Morgan fingerprint density at radius 2 is 2.31 bits per heavy atom. The average molecular weight is 217 g/mol. The molecule has 5 heteroatoms. The minimum absolute atomic E-state index is 0.145. The summed E-state index contributed by atoms with van der Waals surface area (Å²) >= 11 is 0. The van der Waals surface area contributed by atoms with Crippen LogP contribution in [0, 0.1) is 6.92 Å². The number of nitrogens with one attached hydrogen (secondary N) is 2. The zero-order valence-corrected chi connectivity index (χ0v) is 8.69. The molecule has 0 radical (unpaired) electrons. The lowest BCUT2D eigenvalue weighted by molar-refractivity contribution is 0.102. The second-order valence-electron chi connectivity index (χ2n) is 3.39. The molecule has 2 aromatic rings. The van der Waals surface area contributed by atoms with Crippen LogP contribution >= 0.6 is 0 Å². The number of phenolic OH excluding ortho intramolecular Hbond substituents is 1. The quantitative estimate of drug-likeness (QED) is 0.716. The van der Waals surface area contributed by atoms with Gasteiger partial charge < -0.3 is 10.1 Å². The molecule has 1 heterocycles. The summed E-state index contributed by atoms with van der Waals surface area (Å²) in [5.74, 6) is 0.289. The first kappa shape index (κ1) is 10.2. The van der Waals surface area contributed by atoms with Crippen LogP contribution < -0.4 is 5.32 Å². The maximum absolute atomic E-state index is 11.8. The number of nitrogens with zero attached hydrogens (tertiary/aromatic N) is 1. The molecule has 3 N–H and O–H groups in total. The highest BCUT2D eigenvalue weighted by atomic mass is 16.3. The van der Waals surface area contributed by atoms with Gasteiger partial charge in [0, 0.05) is 18.0 Å². The number of aromatic hydroxyl groups is 1. The summed E-state index contributed by atoms with van der Waals surface area (Å²) in [6.07, 6.45) is 3.18. The highest BCUT2D eigenvalue weighted by Gasteiger charge is 2.10. The van der Waals surface area contributed by atoms with E-state index in [0.29, 0.717) is 17.1 Å². The molecule has 0 bridgehead atoms. The van der Waals surface area contributed by atoms with Gasteiger partial charge in [-0.3, -0.25) is 10.1 Å². The topological polar surface area (TPSA) is 78.0 Å². The third kappa shape index (κ3) is 2.03. The summed E-state index contributed by atoms with van der Waals surface area (Å²) in [5, 5.41) is 11.8. The van der Waals surface area contributed by atoms with E-state index < -0.39 is 0 Å². The first-order valence-electron chi connectivity index (χ1n) is 4.77. The van der Waals surface area contributed by atoms with Crippen molar-refractivity contribution in [2.75, 3.05) is 5.32 Å². The van der Waals surface area contributed by atoms with Crippen LogP contribution in [0.3, 0.4) is 0 Å². The van der Waals surface area contributed by atoms with Crippen LogP contribution in [0.4, 0.5) is 5.95 Å². The Kier molecular flexibility index (Phi) is 2.59. The fourth-order valence-corrected chi connectivity index (χ4v) is 1.41. The van der Waals surface area contributed by atoms with Gasteiger partial charge in [-0.15, -0.1) is 0 Å².